The third-order valence-corrected chi connectivity index (χ3v) is 4.18. The molecule has 3 aromatic rings. The summed E-state index contributed by atoms with van der Waals surface area (Å²) in [6, 6.07) is 8.09. The first-order chi connectivity index (χ1) is 12.3. The van der Waals surface area contributed by atoms with E-state index in [-0.39, 0.29) is 6.10 Å². The van der Waals surface area contributed by atoms with E-state index in [4.69, 9.17) is 9.26 Å². The molecule has 8 heteroatoms. The summed E-state index contributed by atoms with van der Waals surface area (Å²) in [4.78, 5) is 10.8. The van der Waals surface area contributed by atoms with Crippen LogP contribution >= 0.6 is 0 Å². The van der Waals surface area contributed by atoms with E-state index in [9.17, 15) is 0 Å². The highest BCUT2D eigenvalue weighted by Gasteiger charge is 2.23. The van der Waals surface area contributed by atoms with Crippen LogP contribution in [0.5, 0.6) is 0 Å². The molecule has 0 bridgehead atoms. The fourth-order valence-electron chi connectivity index (χ4n) is 2.98. The molecular formula is C17H20N6O2. The highest BCUT2D eigenvalue weighted by molar-refractivity contribution is 5.55. The molecule has 1 aromatic carbocycles. The van der Waals surface area contributed by atoms with Gasteiger partial charge in [0, 0.05) is 18.7 Å². The zero-order valence-electron chi connectivity index (χ0n) is 14.1. The maximum atomic E-state index is 5.81. The molecular weight excluding hydrogens is 320 g/mol. The zero-order valence-corrected chi connectivity index (χ0v) is 14.1. The Bertz CT molecular complexity index is 816. The van der Waals surface area contributed by atoms with Crippen LogP contribution in [0.25, 0.3) is 11.4 Å². The molecule has 0 saturated carbocycles. The van der Waals surface area contributed by atoms with Gasteiger partial charge in [0.1, 0.15) is 12.7 Å². The Hall–Kier alpha value is -2.58. The van der Waals surface area contributed by atoms with Crippen molar-refractivity contribution < 1.29 is 9.26 Å². The summed E-state index contributed by atoms with van der Waals surface area (Å²) in [6.07, 6.45) is 3.31. The second-order valence-corrected chi connectivity index (χ2v) is 6.23. The molecule has 8 nitrogen and oxygen atoms in total. The Morgan fingerprint density at radius 2 is 2.28 bits per heavy atom. The van der Waals surface area contributed by atoms with Gasteiger partial charge in [-0.05, 0) is 13.0 Å². The lowest BCUT2D eigenvalue weighted by molar-refractivity contribution is -0.0426. The molecule has 3 heterocycles. The van der Waals surface area contributed by atoms with Crippen molar-refractivity contribution in [3.8, 4) is 11.4 Å². The molecule has 2 aromatic heterocycles. The second kappa shape index (κ2) is 7.12. The van der Waals surface area contributed by atoms with Crippen molar-refractivity contribution in [2.24, 2.45) is 0 Å². The Morgan fingerprint density at radius 1 is 1.32 bits per heavy atom. The molecule has 1 saturated heterocycles. The van der Waals surface area contributed by atoms with Crippen molar-refractivity contribution in [2.45, 2.75) is 26.1 Å². The van der Waals surface area contributed by atoms with Crippen molar-refractivity contribution in [2.75, 3.05) is 19.7 Å². The minimum absolute atomic E-state index is 0.0783. The number of rotatable bonds is 5. The van der Waals surface area contributed by atoms with Crippen molar-refractivity contribution in [3.63, 3.8) is 0 Å². The summed E-state index contributed by atoms with van der Waals surface area (Å²) in [5.74, 6) is 1.25. The summed E-state index contributed by atoms with van der Waals surface area (Å²) in [5.41, 5.74) is 2.15. The lowest BCUT2D eigenvalue weighted by Gasteiger charge is -2.31. The van der Waals surface area contributed by atoms with Crippen molar-refractivity contribution in [3.05, 3.63) is 48.4 Å². The summed E-state index contributed by atoms with van der Waals surface area (Å²) < 4.78 is 13.0. The molecule has 4 rings (SSSR count). The van der Waals surface area contributed by atoms with Gasteiger partial charge in [-0.1, -0.05) is 28.9 Å². The van der Waals surface area contributed by atoms with Crippen molar-refractivity contribution in [1.29, 1.82) is 0 Å². The van der Waals surface area contributed by atoms with Crippen LogP contribution in [-0.2, 0) is 17.8 Å². The quantitative estimate of drug-likeness (QED) is 0.697. The molecule has 0 radical (unpaired) electrons. The number of benzene rings is 1. The molecule has 0 aliphatic carbocycles. The van der Waals surface area contributed by atoms with Crippen molar-refractivity contribution >= 4 is 0 Å². The molecule has 1 aliphatic rings. The monoisotopic (exact) mass is 340 g/mol. The Balaban J connectivity index is 1.38. The highest BCUT2D eigenvalue weighted by atomic mass is 16.5. The molecule has 0 N–H and O–H groups in total. The fourth-order valence-corrected chi connectivity index (χ4v) is 2.98. The maximum Gasteiger partial charge on any atom is 0.241 e. The van der Waals surface area contributed by atoms with Gasteiger partial charge in [-0.3, -0.25) is 9.58 Å². The van der Waals surface area contributed by atoms with E-state index in [1.54, 1.807) is 11.0 Å². The largest absolute Gasteiger partial charge is 0.374 e. The zero-order chi connectivity index (χ0) is 17.1. The van der Waals surface area contributed by atoms with Crippen LogP contribution in [0, 0.1) is 6.92 Å². The van der Waals surface area contributed by atoms with E-state index in [0.29, 0.717) is 31.4 Å². The number of hydrogen-bond acceptors (Lipinski definition) is 7. The smallest absolute Gasteiger partial charge is 0.241 e. The number of aromatic nitrogens is 5. The van der Waals surface area contributed by atoms with E-state index >= 15 is 0 Å². The van der Waals surface area contributed by atoms with Gasteiger partial charge in [0.2, 0.25) is 11.7 Å². The van der Waals surface area contributed by atoms with Gasteiger partial charge < -0.3 is 9.26 Å². The SMILES string of the molecule is Cc1cccc(-c2noc(CN3CCO[C@@H](Cn4cncn4)C3)n2)c1. The highest BCUT2D eigenvalue weighted by Crippen LogP contribution is 2.18. The van der Waals surface area contributed by atoms with Gasteiger partial charge in [0.05, 0.1) is 25.8 Å². The Morgan fingerprint density at radius 3 is 3.12 bits per heavy atom. The minimum atomic E-state index is 0.0783. The molecule has 25 heavy (non-hydrogen) atoms. The fraction of sp³-hybridized carbons (Fsp3) is 0.412. The topological polar surface area (TPSA) is 82.1 Å². The van der Waals surface area contributed by atoms with Gasteiger partial charge in [0.25, 0.3) is 0 Å². The van der Waals surface area contributed by atoms with E-state index in [1.807, 2.05) is 25.1 Å². The van der Waals surface area contributed by atoms with Crippen molar-refractivity contribution in [1.82, 2.24) is 29.8 Å². The standard InChI is InChI=1S/C17H20N6O2/c1-13-3-2-4-14(7-13)17-20-16(25-21-17)10-22-5-6-24-15(8-22)9-23-12-18-11-19-23/h2-4,7,11-12,15H,5-6,8-10H2,1H3/t15-/m1/s1. The van der Waals surface area contributed by atoms with Gasteiger partial charge in [-0.2, -0.15) is 10.1 Å². The number of aryl methyl sites for hydroxylation is 1. The summed E-state index contributed by atoms with van der Waals surface area (Å²) in [7, 11) is 0. The predicted octanol–water partition coefficient (Wildman–Crippen LogP) is 1.54. The average molecular weight is 340 g/mol. The second-order valence-electron chi connectivity index (χ2n) is 6.23. The first-order valence-electron chi connectivity index (χ1n) is 8.32. The third kappa shape index (κ3) is 3.92. The normalized spacial score (nSPS) is 18.5. The number of ether oxygens (including phenoxy) is 1. The molecule has 0 spiro atoms. The van der Waals surface area contributed by atoms with Crippen LogP contribution in [-0.4, -0.2) is 55.6 Å². The predicted molar refractivity (Wildman–Crippen MR) is 89.5 cm³/mol. The maximum absolute atomic E-state index is 5.81. The summed E-state index contributed by atoms with van der Waals surface area (Å²) in [5, 5.41) is 8.24. The van der Waals surface area contributed by atoms with E-state index in [2.05, 4.69) is 31.2 Å². The first kappa shape index (κ1) is 15.9. The number of morpholine rings is 1. The summed E-state index contributed by atoms with van der Waals surface area (Å²) in [6.45, 7) is 5.68. The van der Waals surface area contributed by atoms with Crippen LogP contribution in [0.1, 0.15) is 11.5 Å². The third-order valence-electron chi connectivity index (χ3n) is 4.18. The van der Waals surface area contributed by atoms with E-state index < -0.39 is 0 Å². The minimum Gasteiger partial charge on any atom is -0.374 e. The molecule has 130 valence electrons. The number of nitrogens with zero attached hydrogens (tertiary/aromatic N) is 6. The average Bonchev–Trinajstić information content (AvgIpc) is 3.27. The lowest BCUT2D eigenvalue weighted by atomic mass is 10.1. The van der Waals surface area contributed by atoms with Crippen LogP contribution in [0.3, 0.4) is 0 Å². The van der Waals surface area contributed by atoms with Gasteiger partial charge in [0.15, 0.2) is 0 Å². The molecule has 0 unspecified atom stereocenters. The number of hydrogen-bond donors (Lipinski definition) is 0. The van der Waals surface area contributed by atoms with Crippen LogP contribution in [0.4, 0.5) is 0 Å². The van der Waals surface area contributed by atoms with Gasteiger partial charge >= 0.3 is 0 Å². The Labute approximate surface area is 145 Å². The molecule has 1 fully saturated rings. The summed E-state index contributed by atoms with van der Waals surface area (Å²) >= 11 is 0. The van der Waals surface area contributed by atoms with Gasteiger partial charge in [-0.25, -0.2) is 4.98 Å². The van der Waals surface area contributed by atoms with Gasteiger partial charge in [-0.15, -0.1) is 0 Å². The van der Waals surface area contributed by atoms with Crippen LogP contribution in [0.15, 0.2) is 41.4 Å². The first-order valence-corrected chi connectivity index (χ1v) is 8.32. The molecule has 1 atom stereocenters. The van der Waals surface area contributed by atoms with Crippen LogP contribution < -0.4 is 0 Å². The molecule has 0 amide bonds. The van der Waals surface area contributed by atoms with E-state index in [0.717, 1.165) is 18.7 Å². The van der Waals surface area contributed by atoms with Crippen LogP contribution in [0.2, 0.25) is 0 Å². The van der Waals surface area contributed by atoms with E-state index in [1.165, 1.54) is 11.9 Å². The lowest BCUT2D eigenvalue weighted by Crippen LogP contribution is -2.43. The molecule has 1 aliphatic heterocycles. The Kier molecular flexibility index (Phi) is 4.53.